The molecule has 0 amide bonds. The van der Waals surface area contributed by atoms with E-state index in [-0.39, 0.29) is 32.7 Å². The Morgan fingerprint density at radius 1 is 1.65 bits per heavy atom. The minimum absolute atomic E-state index is 0. The third kappa shape index (κ3) is 2.44. The van der Waals surface area contributed by atoms with Crippen LogP contribution in [0.2, 0.25) is 0 Å². The van der Waals surface area contributed by atoms with Crippen molar-refractivity contribution in [2.75, 3.05) is 6.26 Å². The Hall–Kier alpha value is -0.306. The molecule has 17 heavy (non-hydrogen) atoms. The third-order valence-corrected chi connectivity index (χ3v) is 5.77. The van der Waals surface area contributed by atoms with Gasteiger partial charge in [-0.15, -0.1) is 9.93 Å². The fraction of sp³-hybridized carbons (Fsp3) is 0.455. The summed E-state index contributed by atoms with van der Waals surface area (Å²) in [4.78, 5) is 3.93. The van der Waals surface area contributed by atoms with Crippen LogP contribution in [0.1, 0.15) is 24.8 Å². The minimum atomic E-state index is -2.53. The quantitative estimate of drug-likeness (QED) is 0.616. The molecule has 1 atom stereocenters. The zero-order chi connectivity index (χ0) is 11.6. The van der Waals surface area contributed by atoms with Crippen LogP contribution in [-0.4, -0.2) is 15.4 Å². The van der Waals surface area contributed by atoms with Crippen molar-refractivity contribution in [2.24, 2.45) is 4.36 Å². The Morgan fingerprint density at radius 3 is 2.76 bits per heavy atom. The average molecular weight is 323 g/mol. The Balaban J connectivity index is 0.00000144. The molecular weight excluding hydrogens is 311 g/mol. The van der Waals surface area contributed by atoms with E-state index in [1.807, 2.05) is 6.07 Å². The molecule has 1 aromatic rings. The summed E-state index contributed by atoms with van der Waals surface area (Å²) in [5, 5.41) is 8.61. The minimum Gasteiger partial charge on any atom is -0.394 e. The summed E-state index contributed by atoms with van der Waals surface area (Å²) in [5.74, 6) is 0. The normalized spacial score (nSPS) is 20.0. The maximum Gasteiger partial charge on any atom is 0.214 e. The van der Waals surface area contributed by atoms with Crippen molar-refractivity contribution in [1.82, 2.24) is 4.98 Å². The summed E-state index contributed by atoms with van der Waals surface area (Å²) in [6.07, 6.45) is 10.2. The van der Waals surface area contributed by atoms with Crippen molar-refractivity contribution in [1.29, 1.82) is 5.26 Å². The molecule has 1 aliphatic rings. The monoisotopic (exact) mass is 323 g/mol. The molecule has 1 fully saturated rings. The van der Waals surface area contributed by atoms with Gasteiger partial charge in [0.15, 0.2) is 0 Å². The van der Waals surface area contributed by atoms with Crippen LogP contribution in [0.4, 0.5) is 0 Å². The van der Waals surface area contributed by atoms with Crippen molar-refractivity contribution in [3.63, 3.8) is 0 Å². The second-order valence-corrected chi connectivity index (χ2v) is 6.59. The molecule has 2 rings (SSSR count). The summed E-state index contributed by atoms with van der Waals surface area (Å²) in [6, 6.07) is 3.57. The topological polar surface area (TPSA) is 66.1 Å². The molecule has 1 aromatic heterocycles. The van der Waals surface area contributed by atoms with Crippen LogP contribution in [0, 0.1) is 17.7 Å². The molecule has 0 spiro atoms. The van der Waals surface area contributed by atoms with E-state index in [0.29, 0.717) is 0 Å². The van der Waals surface area contributed by atoms with Crippen LogP contribution in [0.5, 0.6) is 0 Å². The molecule has 1 saturated carbocycles. The molecule has 0 N–H and O–H groups in total. The van der Waals surface area contributed by atoms with Crippen LogP contribution in [0.25, 0.3) is 0 Å². The van der Waals surface area contributed by atoms with Crippen molar-refractivity contribution < 1.29 is 36.9 Å². The fourth-order valence-corrected chi connectivity index (χ4v) is 4.07. The molecule has 0 aromatic carbocycles. The first-order chi connectivity index (χ1) is 7.62. The van der Waals surface area contributed by atoms with E-state index in [1.54, 1.807) is 24.7 Å². The molecule has 6 heteroatoms. The van der Waals surface area contributed by atoms with Crippen LogP contribution in [0.3, 0.4) is 0 Å². The zero-order valence-electron chi connectivity index (χ0n) is 9.59. The fourth-order valence-electron chi connectivity index (χ4n) is 2.14. The van der Waals surface area contributed by atoms with Gasteiger partial charge in [-0.1, -0.05) is 12.4 Å². The van der Waals surface area contributed by atoms with Gasteiger partial charge in [0.1, 0.15) is 0 Å². The molecule has 0 bridgehead atoms. The molecular formula is C11H12N3OSY-. The molecule has 0 saturated heterocycles. The molecule has 1 aliphatic carbocycles. The van der Waals surface area contributed by atoms with Gasteiger partial charge in [-0.3, -0.25) is 0 Å². The van der Waals surface area contributed by atoms with Crippen molar-refractivity contribution in [3.05, 3.63) is 30.1 Å². The number of hydrogen-bond acceptors (Lipinski definition) is 4. The van der Waals surface area contributed by atoms with Gasteiger partial charge in [0.25, 0.3) is 0 Å². The van der Waals surface area contributed by atoms with Gasteiger partial charge in [-0.05, 0) is 19.3 Å². The van der Waals surface area contributed by atoms with Crippen LogP contribution in [-0.2, 0) is 47.2 Å². The summed E-state index contributed by atoms with van der Waals surface area (Å²) in [5.41, 5.74) is 0.906. The van der Waals surface area contributed by atoms with E-state index in [9.17, 15) is 4.21 Å². The standard InChI is InChI=1S/C11H12N3OS.Y/c1-16(15,14-9-12)11(5-3-6-11)10-4-2-7-13-8-10;/h2,4,8H,3,5-6H2,1H3;/q-1;. The maximum absolute atomic E-state index is 12.5. The number of pyridine rings is 1. The van der Waals surface area contributed by atoms with Crippen LogP contribution in [0.15, 0.2) is 22.7 Å². The van der Waals surface area contributed by atoms with E-state index < -0.39 is 14.5 Å². The molecule has 1 radical (unpaired) electrons. The molecule has 0 aliphatic heterocycles. The van der Waals surface area contributed by atoms with Crippen molar-refractivity contribution in [3.8, 4) is 6.19 Å². The van der Waals surface area contributed by atoms with Crippen LogP contribution >= 0.6 is 0 Å². The van der Waals surface area contributed by atoms with E-state index in [1.165, 1.54) is 0 Å². The number of rotatable bonds is 2. The Kier molecular flexibility index (Phi) is 4.82. The zero-order valence-corrected chi connectivity index (χ0v) is 13.2. The van der Waals surface area contributed by atoms with Crippen LogP contribution < -0.4 is 0 Å². The van der Waals surface area contributed by atoms with Gasteiger partial charge in [-0.2, -0.15) is 17.4 Å². The predicted molar refractivity (Wildman–Crippen MR) is 60.7 cm³/mol. The number of nitriles is 1. The van der Waals surface area contributed by atoms with Crippen molar-refractivity contribution >= 4 is 9.73 Å². The summed E-state index contributed by atoms with van der Waals surface area (Å²) >= 11 is 0. The van der Waals surface area contributed by atoms with Gasteiger partial charge < -0.3 is 4.98 Å². The summed E-state index contributed by atoms with van der Waals surface area (Å²) in [7, 11) is -2.53. The van der Waals surface area contributed by atoms with Gasteiger partial charge in [0.05, 0.1) is 14.5 Å². The van der Waals surface area contributed by atoms with Crippen molar-refractivity contribution in [2.45, 2.75) is 24.0 Å². The largest absolute Gasteiger partial charge is 0.394 e. The first kappa shape index (κ1) is 14.8. The molecule has 1 unspecified atom stereocenters. The van der Waals surface area contributed by atoms with E-state index in [4.69, 9.17) is 5.26 Å². The second-order valence-electron chi connectivity index (χ2n) is 4.02. The maximum atomic E-state index is 12.5. The third-order valence-electron chi connectivity index (χ3n) is 3.24. The number of hydrogen-bond donors (Lipinski definition) is 0. The molecule has 4 nitrogen and oxygen atoms in total. The Labute approximate surface area is 127 Å². The van der Waals surface area contributed by atoms with E-state index >= 15 is 0 Å². The van der Waals surface area contributed by atoms with E-state index in [2.05, 4.69) is 15.5 Å². The molecule has 87 valence electrons. The summed E-state index contributed by atoms with van der Waals surface area (Å²) < 4.78 is 15.6. The Bertz CT molecular complexity index is 540. The first-order valence-corrected chi connectivity index (χ1v) is 6.97. The van der Waals surface area contributed by atoms with E-state index in [0.717, 1.165) is 24.8 Å². The smallest absolute Gasteiger partial charge is 0.214 e. The van der Waals surface area contributed by atoms with Gasteiger partial charge in [-0.25, -0.2) is 4.21 Å². The van der Waals surface area contributed by atoms with Gasteiger partial charge in [0, 0.05) is 39.0 Å². The Morgan fingerprint density at radius 2 is 2.35 bits per heavy atom. The second kappa shape index (κ2) is 5.56. The summed E-state index contributed by atoms with van der Waals surface area (Å²) in [6.45, 7) is 0. The number of aromatic nitrogens is 1. The van der Waals surface area contributed by atoms with Gasteiger partial charge in [0.2, 0.25) is 6.19 Å². The first-order valence-electron chi connectivity index (χ1n) is 5.05. The predicted octanol–water partition coefficient (Wildman–Crippen LogP) is 1.84. The SMILES string of the molecule is CS(=O)(=NC#N)C1(c2cc[c-]nc2)CCC1.[Y]. The average Bonchev–Trinajstić information content (AvgIpc) is 2.16. The molecule has 1 heterocycles. The van der Waals surface area contributed by atoms with Gasteiger partial charge >= 0.3 is 0 Å². The number of nitrogens with zero attached hydrogens (tertiary/aromatic N) is 3.